The normalized spacial score (nSPS) is 15.1. The van der Waals surface area contributed by atoms with E-state index in [4.69, 9.17) is 4.42 Å². The number of amides is 1. The summed E-state index contributed by atoms with van der Waals surface area (Å²) < 4.78 is 5.66. The number of carbonyl (C=O) groups is 1. The van der Waals surface area contributed by atoms with Crippen molar-refractivity contribution >= 4 is 29.1 Å². The third-order valence-electron chi connectivity index (χ3n) is 4.42. The number of anilines is 1. The average Bonchev–Trinajstić information content (AvgIpc) is 3.29. The Hall–Kier alpha value is -4.20. The second kappa shape index (κ2) is 7.08. The van der Waals surface area contributed by atoms with Crippen molar-refractivity contribution in [3.8, 4) is 17.1 Å². The zero-order chi connectivity index (χ0) is 20.5. The van der Waals surface area contributed by atoms with Gasteiger partial charge in [-0.3, -0.25) is 14.9 Å². The van der Waals surface area contributed by atoms with Crippen molar-refractivity contribution in [3.63, 3.8) is 0 Å². The number of benzene rings is 2. The molecule has 29 heavy (non-hydrogen) atoms. The van der Waals surface area contributed by atoms with E-state index in [1.165, 1.54) is 23.2 Å². The summed E-state index contributed by atoms with van der Waals surface area (Å²) in [7, 11) is 0. The molecule has 1 aliphatic rings. The smallest absolute Gasteiger partial charge is 0.280 e. The number of nitrogens with zero attached hydrogens (tertiary/aromatic N) is 3. The molecule has 144 valence electrons. The van der Waals surface area contributed by atoms with Gasteiger partial charge >= 0.3 is 0 Å². The molecule has 8 heteroatoms. The van der Waals surface area contributed by atoms with Gasteiger partial charge in [0.2, 0.25) is 0 Å². The molecule has 0 atom stereocenters. The maximum absolute atomic E-state index is 12.7. The number of carbonyl (C=O) groups excluding carboxylic acids is 1. The number of non-ortho nitro benzene ring substituents is 1. The molecule has 0 N–H and O–H groups in total. The first kappa shape index (κ1) is 18.2. The largest absolute Gasteiger partial charge is 0.872 e. The van der Waals surface area contributed by atoms with Crippen LogP contribution in [0.3, 0.4) is 0 Å². The second-order valence-corrected chi connectivity index (χ2v) is 6.34. The highest BCUT2D eigenvalue weighted by Gasteiger charge is 2.29. The second-order valence-electron chi connectivity index (χ2n) is 6.34. The topological polar surface area (TPSA) is 112 Å². The van der Waals surface area contributed by atoms with E-state index in [0.29, 0.717) is 22.7 Å². The highest BCUT2D eigenvalue weighted by molar-refractivity contribution is 6.32. The van der Waals surface area contributed by atoms with Gasteiger partial charge in [0.1, 0.15) is 11.5 Å². The van der Waals surface area contributed by atoms with Crippen LogP contribution in [-0.2, 0) is 4.79 Å². The Bertz CT molecular complexity index is 1180. The van der Waals surface area contributed by atoms with Gasteiger partial charge in [0, 0.05) is 17.7 Å². The van der Waals surface area contributed by atoms with Gasteiger partial charge in [-0.2, -0.15) is 10.1 Å². The van der Waals surface area contributed by atoms with Crippen molar-refractivity contribution in [2.75, 3.05) is 5.01 Å². The highest BCUT2D eigenvalue weighted by atomic mass is 16.6. The van der Waals surface area contributed by atoms with Crippen LogP contribution in [0.15, 0.2) is 75.8 Å². The number of nitro benzene ring substituents is 1. The molecule has 0 saturated heterocycles. The zero-order valence-electron chi connectivity index (χ0n) is 15.2. The van der Waals surface area contributed by atoms with Crippen LogP contribution in [0.2, 0.25) is 0 Å². The number of hydrogen-bond acceptors (Lipinski definition) is 6. The Balaban J connectivity index is 1.65. The number of hydrazone groups is 1. The lowest BCUT2D eigenvalue weighted by atomic mass is 10.1. The lowest BCUT2D eigenvalue weighted by molar-refractivity contribution is -0.385. The summed E-state index contributed by atoms with van der Waals surface area (Å²) in [4.78, 5) is 23.1. The van der Waals surface area contributed by atoms with E-state index in [0.717, 1.165) is 12.1 Å². The molecule has 0 bridgehead atoms. The molecular formula is C21H14N3O5-. The average molecular weight is 388 g/mol. The maximum Gasteiger partial charge on any atom is 0.280 e. The summed E-state index contributed by atoms with van der Waals surface area (Å²) in [5.41, 5.74) is 1.40. The number of para-hydroxylation sites is 1. The molecule has 0 saturated carbocycles. The van der Waals surface area contributed by atoms with Crippen molar-refractivity contribution in [2.24, 2.45) is 5.10 Å². The van der Waals surface area contributed by atoms with Gasteiger partial charge < -0.3 is 9.52 Å². The minimum atomic E-state index is -0.579. The van der Waals surface area contributed by atoms with Crippen LogP contribution in [0.5, 0.6) is 5.75 Å². The third-order valence-corrected chi connectivity index (χ3v) is 4.42. The highest BCUT2D eigenvalue weighted by Crippen LogP contribution is 2.33. The van der Waals surface area contributed by atoms with Crippen molar-refractivity contribution in [3.05, 3.63) is 82.1 Å². The molecule has 1 aliphatic heterocycles. The van der Waals surface area contributed by atoms with Gasteiger partial charge in [-0.25, -0.2) is 0 Å². The van der Waals surface area contributed by atoms with Crippen LogP contribution in [0.4, 0.5) is 11.4 Å². The van der Waals surface area contributed by atoms with Crippen molar-refractivity contribution in [1.82, 2.24) is 0 Å². The molecule has 0 radical (unpaired) electrons. The molecule has 1 aromatic heterocycles. The summed E-state index contributed by atoms with van der Waals surface area (Å²) in [6, 6.07) is 15.6. The van der Waals surface area contributed by atoms with Crippen LogP contribution in [-0.4, -0.2) is 16.5 Å². The Morgan fingerprint density at radius 2 is 1.86 bits per heavy atom. The predicted octanol–water partition coefficient (Wildman–Crippen LogP) is 3.73. The Labute approximate surface area is 165 Å². The van der Waals surface area contributed by atoms with Gasteiger partial charge in [-0.15, -0.1) is 0 Å². The van der Waals surface area contributed by atoms with E-state index in [1.807, 2.05) is 18.2 Å². The number of furan rings is 1. The molecule has 0 fully saturated rings. The molecule has 2 aromatic carbocycles. The van der Waals surface area contributed by atoms with E-state index < -0.39 is 10.7 Å². The molecule has 2 heterocycles. The van der Waals surface area contributed by atoms with Crippen molar-refractivity contribution in [1.29, 1.82) is 0 Å². The number of nitro groups is 1. The molecular weight excluding hydrogens is 374 g/mol. The lowest BCUT2D eigenvalue weighted by Crippen LogP contribution is -2.21. The Morgan fingerprint density at radius 3 is 2.59 bits per heavy atom. The fourth-order valence-corrected chi connectivity index (χ4v) is 2.97. The van der Waals surface area contributed by atoms with Gasteiger partial charge in [0.05, 0.1) is 21.9 Å². The summed E-state index contributed by atoms with van der Waals surface area (Å²) in [6.07, 6.45) is 1.54. The molecule has 0 aliphatic carbocycles. The first-order chi connectivity index (χ1) is 13.9. The quantitative estimate of drug-likeness (QED) is 0.384. The van der Waals surface area contributed by atoms with E-state index in [9.17, 15) is 20.0 Å². The van der Waals surface area contributed by atoms with E-state index in [2.05, 4.69) is 5.10 Å². The molecule has 0 spiro atoms. The van der Waals surface area contributed by atoms with Crippen LogP contribution in [0.25, 0.3) is 17.4 Å². The molecule has 1 amide bonds. The Morgan fingerprint density at radius 1 is 1.10 bits per heavy atom. The number of rotatable bonds is 4. The minimum absolute atomic E-state index is 0.0814. The predicted molar refractivity (Wildman–Crippen MR) is 105 cm³/mol. The standard InChI is InChI=1S/C21H15N3O5/c1-13-17(21(26)23(22-13)14-5-3-2-4-6-14)12-16-8-10-20(29-16)18-11-15(24(27)28)7-9-19(18)25/h2-12,25H,1H3/p-1/b17-12-. The summed E-state index contributed by atoms with van der Waals surface area (Å²) >= 11 is 0. The summed E-state index contributed by atoms with van der Waals surface area (Å²) in [6.45, 7) is 1.72. The monoisotopic (exact) mass is 388 g/mol. The SMILES string of the molecule is CC1=NN(c2ccccc2)C(=O)/C1=C\c1ccc(-c2cc([N+](=O)[O-])ccc2[O-])o1. The number of hydrogen-bond donors (Lipinski definition) is 0. The lowest BCUT2D eigenvalue weighted by Gasteiger charge is -2.11. The third kappa shape index (κ3) is 3.39. The zero-order valence-corrected chi connectivity index (χ0v) is 15.2. The first-order valence-electron chi connectivity index (χ1n) is 8.66. The van der Waals surface area contributed by atoms with Crippen LogP contribution in [0.1, 0.15) is 12.7 Å². The molecule has 8 nitrogen and oxygen atoms in total. The van der Waals surface area contributed by atoms with E-state index in [-0.39, 0.29) is 22.9 Å². The molecule has 0 unspecified atom stereocenters. The van der Waals surface area contributed by atoms with E-state index >= 15 is 0 Å². The fourth-order valence-electron chi connectivity index (χ4n) is 2.97. The Kier molecular flexibility index (Phi) is 4.44. The van der Waals surface area contributed by atoms with Gasteiger partial charge in [-0.1, -0.05) is 30.0 Å². The van der Waals surface area contributed by atoms with Crippen LogP contribution in [0, 0.1) is 10.1 Å². The molecule has 3 aromatic rings. The summed E-state index contributed by atoms with van der Waals surface area (Å²) in [5, 5.41) is 28.6. The van der Waals surface area contributed by atoms with Crippen molar-refractivity contribution < 1.29 is 19.2 Å². The molecule has 4 rings (SSSR count). The fraction of sp³-hybridized carbons (Fsp3) is 0.0476. The first-order valence-corrected chi connectivity index (χ1v) is 8.66. The van der Waals surface area contributed by atoms with E-state index in [1.54, 1.807) is 25.1 Å². The van der Waals surface area contributed by atoms with Gasteiger partial charge in [-0.05, 0) is 37.3 Å². The van der Waals surface area contributed by atoms with Crippen LogP contribution >= 0.6 is 0 Å². The van der Waals surface area contributed by atoms with Gasteiger partial charge in [0.15, 0.2) is 0 Å². The minimum Gasteiger partial charge on any atom is -0.872 e. The summed E-state index contributed by atoms with van der Waals surface area (Å²) in [5.74, 6) is -0.176. The van der Waals surface area contributed by atoms with Crippen LogP contribution < -0.4 is 10.1 Å². The van der Waals surface area contributed by atoms with Crippen molar-refractivity contribution in [2.45, 2.75) is 6.92 Å². The maximum atomic E-state index is 12.7. The van der Waals surface area contributed by atoms with Gasteiger partial charge in [0.25, 0.3) is 11.6 Å².